The molecule has 0 saturated heterocycles. The summed E-state index contributed by atoms with van der Waals surface area (Å²) in [5, 5.41) is 3.29. The number of anilines is 1. The molecular weight excluding hydrogens is 452 g/mol. The van der Waals surface area contributed by atoms with Gasteiger partial charge in [0.1, 0.15) is 22.1 Å². The minimum Gasteiger partial charge on any atom is -0.454 e. The van der Waals surface area contributed by atoms with Crippen LogP contribution in [0.5, 0.6) is 11.5 Å². The Morgan fingerprint density at radius 1 is 0.967 bits per heavy atom. The van der Waals surface area contributed by atoms with Gasteiger partial charge in [-0.2, -0.15) is 0 Å². The number of aliphatic imine (C=N–C) groups is 1. The highest BCUT2D eigenvalue weighted by Crippen LogP contribution is 2.38. The number of guanidine groups is 1. The third-order valence-electron chi connectivity index (χ3n) is 4.21. The fraction of sp³-hybridized carbons (Fsp3) is 0.0500. The van der Waals surface area contributed by atoms with Crippen LogP contribution in [0.15, 0.2) is 70.6 Å². The zero-order valence-corrected chi connectivity index (χ0v) is 17.5. The van der Waals surface area contributed by atoms with Crippen LogP contribution in [0, 0.1) is 5.82 Å². The Kier molecular flexibility index (Phi) is 5.55. The average Bonchev–Trinajstić information content (AvgIpc) is 2.71. The number of nitrogens with zero attached hydrogens (tertiary/aromatic N) is 1. The van der Waals surface area contributed by atoms with Gasteiger partial charge in [-0.1, -0.05) is 47.5 Å². The van der Waals surface area contributed by atoms with Gasteiger partial charge in [0.2, 0.25) is 5.96 Å². The van der Waals surface area contributed by atoms with Gasteiger partial charge >= 0.3 is 0 Å². The predicted octanol–water partition coefficient (Wildman–Crippen LogP) is 5.18. The second kappa shape index (κ2) is 8.14. The largest absolute Gasteiger partial charge is 0.454 e. The van der Waals surface area contributed by atoms with Crippen molar-refractivity contribution in [2.75, 3.05) is 5.32 Å². The predicted molar refractivity (Wildman–Crippen MR) is 114 cm³/mol. The molecule has 0 spiro atoms. The van der Waals surface area contributed by atoms with E-state index in [-0.39, 0.29) is 33.9 Å². The number of ether oxygens (including phenoxy) is 1. The normalized spacial score (nSPS) is 15.8. The molecule has 1 aliphatic heterocycles. The SMILES string of the molecule is O=S1(=O)NC(=NCc2ccc(F)c(Cl)c2)Nc2c(Oc3ccccc3Cl)cccc21. The summed E-state index contributed by atoms with van der Waals surface area (Å²) in [4.78, 5) is 4.25. The quantitative estimate of drug-likeness (QED) is 0.555. The molecule has 0 unspecified atom stereocenters. The third kappa shape index (κ3) is 4.21. The van der Waals surface area contributed by atoms with Gasteiger partial charge in [0, 0.05) is 0 Å². The van der Waals surface area contributed by atoms with E-state index in [9.17, 15) is 12.8 Å². The molecular formula is C20H14Cl2FN3O3S. The van der Waals surface area contributed by atoms with Crippen LogP contribution in [0.2, 0.25) is 10.0 Å². The van der Waals surface area contributed by atoms with Crippen LogP contribution in [0.4, 0.5) is 10.1 Å². The zero-order chi connectivity index (χ0) is 21.3. The van der Waals surface area contributed by atoms with E-state index in [0.717, 1.165) is 0 Å². The number of rotatable bonds is 4. The summed E-state index contributed by atoms with van der Waals surface area (Å²) in [6, 6.07) is 15.6. The monoisotopic (exact) mass is 465 g/mol. The van der Waals surface area contributed by atoms with Crippen molar-refractivity contribution in [3.05, 3.63) is 82.1 Å². The standard InChI is InChI=1S/C20H14Cl2FN3O3S/c21-13-4-1-2-5-16(13)29-17-6-3-7-18-19(17)25-20(26-30(18,27)28)24-11-12-8-9-15(23)14(22)10-12/h1-10H,11H2,(H2,24,25,26). The van der Waals surface area contributed by atoms with E-state index in [4.69, 9.17) is 27.9 Å². The van der Waals surface area contributed by atoms with Crippen molar-refractivity contribution >= 4 is 44.9 Å². The Balaban J connectivity index is 1.67. The van der Waals surface area contributed by atoms with Crippen molar-refractivity contribution < 1.29 is 17.5 Å². The molecule has 30 heavy (non-hydrogen) atoms. The molecule has 1 heterocycles. The third-order valence-corrected chi connectivity index (χ3v) is 6.20. The van der Waals surface area contributed by atoms with Crippen molar-refractivity contribution in [3.63, 3.8) is 0 Å². The highest BCUT2D eigenvalue weighted by atomic mass is 35.5. The molecule has 154 valence electrons. The zero-order valence-electron chi connectivity index (χ0n) is 15.2. The average molecular weight is 466 g/mol. The van der Waals surface area contributed by atoms with Gasteiger partial charge < -0.3 is 10.1 Å². The Morgan fingerprint density at radius 2 is 1.73 bits per heavy atom. The molecule has 0 fully saturated rings. The summed E-state index contributed by atoms with van der Waals surface area (Å²) in [6.07, 6.45) is 0. The number of para-hydroxylation sites is 2. The van der Waals surface area contributed by atoms with Crippen molar-refractivity contribution in [3.8, 4) is 11.5 Å². The minimum absolute atomic E-state index is 0.00171. The van der Waals surface area contributed by atoms with E-state index < -0.39 is 15.8 Å². The molecule has 0 saturated carbocycles. The van der Waals surface area contributed by atoms with Crippen LogP contribution < -0.4 is 14.8 Å². The molecule has 4 rings (SSSR count). The molecule has 0 atom stereocenters. The molecule has 0 amide bonds. The van der Waals surface area contributed by atoms with E-state index in [1.54, 1.807) is 36.4 Å². The second-order valence-electron chi connectivity index (χ2n) is 6.31. The molecule has 6 nitrogen and oxygen atoms in total. The Hall–Kier alpha value is -2.81. The van der Waals surface area contributed by atoms with Crippen molar-refractivity contribution in [2.24, 2.45) is 4.99 Å². The van der Waals surface area contributed by atoms with Gasteiger partial charge in [-0.15, -0.1) is 0 Å². The lowest BCUT2D eigenvalue weighted by Crippen LogP contribution is -2.40. The van der Waals surface area contributed by atoms with Gasteiger partial charge in [0.15, 0.2) is 5.75 Å². The first-order chi connectivity index (χ1) is 14.3. The molecule has 3 aromatic carbocycles. The molecule has 0 bridgehead atoms. The lowest BCUT2D eigenvalue weighted by Gasteiger charge is -2.23. The van der Waals surface area contributed by atoms with Gasteiger partial charge in [-0.05, 0) is 42.0 Å². The molecule has 0 radical (unpaired) electrons. The van der Waals surface area contributed by atoms with E-state index in [0.29, 0.717) is 16.3 Å². The molecule has 0 aliphatic carbocycles. The van der Waals surface area contributed by atoms with Gasteiger partial charge in [-0.3, -0.25) is 0 Å². The van der Waals surface area contributed by atoms with Crippen LogP contribution in [-0.2, 0) is 16.6 Å². The molecule has 1 aliphatic rings. The van der Waals surface area contributed by atoms with Crippen molar-refractivity contribution in [2.45, 2.75) is 11.4 Å². The number of hydrogen-bond acceptors (Lipinski definition) is 4. The van der Waals surface area contributed by atoms with Crippen LogP contribution in [0.25, 0.3) is 0 Å². The summed E-state index contributed by atoms with van der Waals surface area (Å²) < 4.78 is 46.9. The van der Waals surface area contributed by atoms with Crippen LogP contribution in [0.1, 0.15) is 5.56 Å². The lowest BCUT2D eigenvalue weighted by atomic mass is 10.2. The Bertz CT molecular complexity index is 1270. The first-order valence-electron chi connectivity index (χ1n) is 8.67. The second-order valence-corrected chi connectivity index (χ2v) is 8.77. The first-order valence-corrected chi connectivity index (χ1v) is 10.9. The van der Waals surface area contributed by atoms with Crippen LogP contribution >= 0.6 is 23.2 Å². The fourth-order valence-corrected chi connectivity index (χ4v) is 4.33. The van der Waals surface area contributed by atoms with E-state index >= 15 is 0 Å². The van der Waals surface area contributed by atoms with Crippen molar-refractivity contribution in [1.29, 1.82) is 0 Å². The highest BCUT2D eigenvalue weighted by molar-refractivity contribution is 7.90. The van der Waals surface area contributed by atoms with Gasteiger partial charge in [0.05, 0.1) is 16.6 Å². The number of fused-ring (bicyclic) bond motifs is 1. The summed E-state index contributed by atoms with van der Waals surface area (Å²) in [6.45, 7) is 0.0771. The molecule has 0 aromatic heterocycles. The minimum atomic E-state index is -3.88. The lowest BCUT2D eigenvalue weighted by molar-refractivity contribution is 0.483. The molecule has 2 N–H and O–H groups in total. The first kappa shape index (κ1) is 20.5. The van der Waals surface area contributed by atoms with Crippen LogP contribution in [0.3, 0.4) is 0 Å². The van der Waals surface area contributed by atoms with E-state index in [2.05, 4.69) is 15.0 Å². The van der Waals surface area contributed by atoms with E-state index in [1.165, 1.54) is 24.3 Å². The summed E-state index contributed by atoms with van der Waals surface area (Å²) in [5.74, 6) is 0.103. The highest BCUT2D eigenvalue weighted by Gasteiger charge is 2.29. The number of benzene rings is 3. The maximum absolute atomic E-state index is 13.3. The number of sulfonamides is 1. The molecule has 10 heteroatoms. The Morgan fingerprint density at radius 3 is 2.50 bits per heavy atom. The summed E-state index contributed by atoms with van der Waals surface area (Å²) >= 11 is 11.9. The molecule has 3 aromatic rings. The van der Waals surface area contributed by atoms with Gasteiger partial charge in [-0.25, -0.2) is 22.5 Å². The fourth-order valence-electron chi connectivity index (χ4n) is 2.80. The number of halogens is 3. The van der Waals surface area contributed by atoms with Gasteiger partial charge in [0.25, 0.3) is 10.0 Å². The van der Waals surface area contributed by atoms with Crippen LogP contribution in [-0.4, -0.2) is 14.4 Å². The maximum Gasteiger partial charge on any atom is 0.266 e. The maximum atomic E-state index is 13.3. The number of nitrogens with one attached hydrogen (secondary N) is 2. The smallest absolute Gasteiger partial charge is 0.266 e. The topological polar surface area (TPSA) is 79.8 Å². The van der Waals surface area contributed by atoms with E-state index in [1.807, 2.05) is 0 Å². The summed E-state index contributed by atoms with van der Waals surface area (Å²) in [7, 11) is -3.88. The number of hydrogen-bond donors (Lipinski definition) is 2. The van der Waals surface area contributed by atoms with Crippen molar-refractivity contribution in [1.82, 2.24) is 4.72 Å². The summed E-state index contributed by atoms with van der Waals surface area (Å²) in [5.41, 5.74) is 0.841. The Labute approximate surface area is 182 Å².